The van der Waals surface area contributed by atoms with Gasteiger partial charge in [0.05, 0.1) is 31.0 Å². The number of nitrogens with one attached hydrogen (secondary N) is 1. The monoisotopic (exact) mass is 667 g/mol. The van der Waals surface area contributed by atoms with E-state index in [4.69, 9.17) is 9.84 Å². The maximum absolute atomic E-state index is 14.6. The first-order chi connectivity index (χ1) is 23.8. The quantitative estimate of drug-likeness (QED) is 0.138. The summed E-state index contributed by atoms with van der Waals surface area (Å²) in [6, 6.07) is 22.2. The molecule has 4 aromatic rings. The number of hydrogen-bond donors (Lipinski definition) is 3. The fraction of sp³-hybridized carbons (Fsp3) is 0.410. The molecule has 0 saturated carbocycles. The van der Waals surface area contributed by atoms with E-state index in [-0.39, 0.29) is 24.8 Å². The van der Waals surface area contributed by atoms with Crippen molar-refractivity contribution >= 4 is 17.5 Å². The lowest BCUT2D eigenvalue weighted by Crippen LogP contribution is -2.46. The standard InChI is InChI=1S/C39H49N5O5/c1-5-7-19-42(20-8-6-2)39(48)34-21-27(3)44(41-34)35-18-17-31(40-37(46)23-29-14-11-12-16-36(29)49-4)24-33(35)38(47)43-25-30-15-10-9-13-28(30)22-32(43)26-45/h9-18,21,24,32,37,40,45-46H,5-8,19-20,22-23,25-26H2,1-4H3. The zero-order valence-electron chi connectivity index (χ0n) is 29.1. The van der Waals surface area contributed by atoms with Crippen molar-refractivity contribution in [1.29, 1.82) is 0 Å². The van der Waals surface area contributed by atoms with Crippen molar-refractivity contribution in [2.24, 2.45) is 0 Å². The van der Waals surface area contributed by atoms with Gasteiger partial charge in [0.25, 0.3) is 11.8 Å². The number of carbonyl (C=O) groups excluding carboxylic acids is 2. The number of benzene rings is 3. The van der Waals surface area contributed by atoms with Crippen molar-refractivity contribution < 1.29 is 24.5 Å². The number of amides is 2. The van der Waals surface area contributed by atoms with Gasteiger partial charge in [-0.25, -0.2) is 4.68 Å². The van der Waals surface area contributed by atoms with E-state index in [1.54, 1.807) is 41.0 Å². The molecule has 0 fully saturated rings. The second kappa shape index (κ2) is 16.6. The molecule has 3 N–H and O–H groups in total. The summed E-state index contributed by atoms with van der Waals surface area (Å²) >= 11 is 0. The summed E-state index contributed by atoms with van der Waals surface area (Å²) in [5.74, 6) is 0.279. The lowest BCUT2D eigenvalue weighted by Gasteiger charge is -2.36. The Balaban J connectivity index is 1.51. The van der Waals surface area contributed by atoms with Crippen LogP contribution in [0.5, 0.6) is 5.75 Å². The second-order valence-electron chi connectivity index (χ2n) is 12.7. The van der Waals surface area contributed by atoms with Gasteiger partial charge in [0.1, 0.15) is 12.0 Å². The molecule has 5 rings (SSSR count). The van der Waals surface area contributed by atoms with E-state index in [9.17, 15) is 19.8 Å². The van der Waals surface area contributed by atoms with Crippen molar-refractivity contribution in [3.63, 3.8) is 0 Å². The molecule has 49 heavy (non-hydrogen) atoms. The lowest BCUT2D eigenvalue weighted by atomic mass is 9.93. The molecule has 2 unspecified atom stereocenters. The molecule has 0 bridgehead atoms. The van der Waals surface area contributed by atoms with E-state index in [1.165, 1.54) is 0 Å². The molecule has 0 radical (unpaired) electrons. The van der Waals surface area contributed by atoms with E-state index in [0.29, 0.717) is 60.1 Å². The van der Waals surface area contributed by atoms with Crippen LogP contribution in [0.25, 0.3) is 5.69 Å². The number of nitrogens with zero attached hydrogens (tertiary/aromatic N) is 4. The molecular weight excluding hydrogens is 618 g/mol. The van der Waals surface area contributed by atoms with Crippen LogP contribution >= 0.6 is 0 Å². The smallest absolute Gasteiger partial charge is 0.274 e. The van der Waals surface area contributed by atoms with Crippen molar-refractivity contribution in [2.45, 2.75) is 78.1 Å². The molecule has 0 saturated heterocycles. The Morgan fingerprint density at radius 3 is 2.39 bits per heavy atom. The maximum Gasteiger partial charge on any atom is 0.274 e. The van der Waals surface area contributed by atoms with Crippen molar-refractivity contribution in [3.05, 3.63) is 106 Å². The lowest BCUT2D eigenvalue weighted by molar-refractivity contribution is 0.0544. The number of aromatic nitrogens is 2. The molecule has 2 heterocycles. The fourth-order valence-corrected chi connectivity index (χ4v) is 6.45. The van der Waals surface area contributed by atoms with Gasteiger partial charge in [0, 0.05) is 37.4 Å². The van der Waals surface area contributed by atoms with Crippen LogP contribution < -0.4 is 10.1 Å². The third-order valence-electron chi connectivity index (χ3n) is 9.18. The van der Waals surface area contributed by atoms with Crippen LogP contribution in [0.15, 0.2) is 72.8 Å². The highest BCUT2D eigenvalue weighted by Gasteiger charge is 2.32. The number of methoxy groups -OCH3 is 1. The Morgan fingerprint density at radius 2 is 1.69 bits per heavy atom. The molecular formula is C39H49N5O5. The number of aliphatic hydroxyl groups is 2. The second-order valence-corrected chi connectivity index (χ2v) is 12.7. The Bertz CT molecular complexity index is 1730. The molecule has 1 aliphatic rings. The number of aliphatic hydroxyl groups excluding tert-OH is 2. The van der Waals surface area contributed by atoms with Gasteiger partial charge in [-0.15, -0.1) is 0 Å². The summed E-state index contributed by atoms with van der Waals surface area (Å²) in [6.07, 6.45) is 3.64. The first-order valence-electron chi connectivity index (χ1n) is 17.3. The molecule has 2 amide bonds. The van der Waals surface area contributed by atoms with Crippen LogP contribution in [0.4, 0.5) is 5.69 Å². The van der Waals surface area contributed by atoms with Gasteiger partial charge in [-0.3, -0.25) is 9.59 Å². The van der Waals surface area contributed by atoms with Gasteiger partial charge in [-0.2, -0.15) is 5.10 Å². The van der Waals surface area contributed by atoms with Crippen LogP contribution in [-0.2, 0) is 19.4 Å². The number of anilines is 1. The summed E-state index contributed by atoms with van der Waals surface area (Å²) in [5, 5.41) is 29.4. The predicted octanol–water partition coefficient (Wildman–Crippen LogP) is 5.76. The molecule has 10 heteroatoms. The Hall–Kier alpha value is -4.67. The van der Waals surface area contributed by atoms with Gasteiger partial charge in [-0.1, -0.05) is 69.2 Å². The van der Waals surface area contributed by atoms with Gasteiger partial charge in [0.2, 0.25) is 0 Å². The molecule has 3 aromatic carbocycles. The van der Waals surface area contributed by atoms with Crippen molar-refractivity contribution in [1.82, 2.24) is 19.6 Å². The van der Waals surface area contributed by atoms with Crippen LogP contribution in [-0.4, -0.2) is 80.7 Å². The summed E-state index contributed by atoms with van der Waals surface area (Å²) in [6.45, 7) is 7.59. The SMILES string of the molecule is CCCCN(CCCC)C(=O)c1cc(C)n(-c2ccc(NC(O)Cc3ccccc3OC)cc2C(=O)N2Cc3ccccc3CC2CO)n1. The van der Waals surface area contributed by atoms with Crippen LogP contribution in [0.2, 0.25) is 0 Å². The molecule has 260 valence electrons. The molecule has 0 spiro atoms. The Morgan fingerprint density at radius 1 is 1.00 bits per heavy atom. The molecule has 10 nitrogen and oxygen atoms in total. The number of ether oxygens (including phenoxy) is 1. The van der Waals surface area contributed by atoms with Crippen molar-refractivity contribution in [2.75, 3.05) is 32.1 Å². The number of hydrogen-bond acceptors (Lipinski definition) is 7. The van der Waals surface area contributed by atoms with Crippen LogP contribution in [0, 0.1) is 6.92 Å². The molecule has 1 aromatic heterocycles. The number of aryl methyl sites for hydroxylation is 1. The van der Waals surface area contributed by atoms with E-state index in [0.717, 1.165) is 42.4 Å². The zero-order chi connectivity index (χ0) is 34.9. The third-order valence-corrected chi connectivity index (χ3v) is 9.18. The average Bonchev–Trinajstić information content (AvgIpc) is 3.51. The van der Waals surface area contributed by atoms with Crippen molar-refractivity contribution in [3.8, 4) is 11.4 Å². The molecule has 2 atom stereocenters. The Kier molecular flexibility index (Phi) is 12.1. The van der Waals surface area contributed by atoms with E-state index >= 15 is 0 Å². The topological polar surface area (TPSA) is 120 Å². The predicted molar refractivity (Wildman–Crippen MR) is 191 cm³/mol. The highest BCUT2D eigenvalue weighted by atomic mass is 16.5. The number of carbonyl (C=O) groups is 2. The average molecular weight is 668 g/mol. The van der Waals surface area contributed by atoms with Crippen LogP contribution in [0.3, 0.4) is 0 Å². The maximum atomic E-state index is 14.6. The molecule has 0 aliphatic carbocycles. The Labute approximate surface area is 289 Å². The largest absolute Gasteiger partial charge is 0.496 e. The minimum absolute atomic E-state index is 0.123. The first-order valence-corrected chi connectivity index (χ1v) is 17.3. The van der Waals surface area contributed by atoms with Gasteiger partial charge in [0.15, 0.2) is 5.69 Å². The highest BCUT2D eigenvalue weighted by molar-refractivity contribution is 5.99. The van der Waals surface area contributed by atoms with E-state index < -0.39 is 12.3 Å². The zero-order valence-corrected chi connectivity index (χ0v) is 29.1. The summed E-state index contributed by atoms with van der Waals surface area (Å²) in [7, 11) is 1.60. The van der Waals surface area contributed by atoms with E-state index in [2.05, 4.69) is 19.2 Å². The normalized spacial score (nSPS) is 14.7. The molecule has 1 aliphatic heterocycles. The number of rotatable bonds is 15. The summed E-state index contributed by atoms with van der Waals surface area (Å²) in [4.78, 5) is 31.8. The third kappa shape index (κ3) is 8.32. The minimum Gasteiger partial charge on any atom is -0.496 e. The highest BCUT2D eigenvalue weighted by Crippen LogP contribution is 2.29. The summed E-state index contributed by atoms with van der Waals surface area (Å²) < 4.78 is 7.11. The number of fused-ring (bicyclic) bond motifs is 1. The van der Waals surface area contributed by atoms with Crippen LogP contribution in [0.1, 0.15) is 82.8 Å². The first kappa shape index (κ1) is 35.6. The van der Waals surface area contributed by atoms with Gasteiger partial charge in [-0.05, 0) is 73.2 Å². The van der Waals surface area contributed by atoms with Gasteiger partial charge < -0.3 is 30.1 Å². The van der Waals surface area contributed by atoms with E-state index in [1.807, 2.05) is 60.4 Å². The summed E-state index contributed by atoms with van der Waals surface area (Å²) in [5.41, 5.74) is 5.42. The minimum atomic E-state index is -0.968. The number of unbranched alkanes of at least 4 members (excludes halogenated alkanes) is 2. The van der Waals surface area contributed by atoms with Gasteiger partial charge >= 0.3 is 0 Å². The fourth-order valence-electron chi connectivity index (χ4n) is 6.45. The number of para-hydroxylation sites is 1.